The number of methoxy groups -OCH3 is 2. The van der Waals surface area contributed by atoms with Gasteiger partial charge in [0.05, 0.1) is 26.1 Å². The van der Waals surface area contributed by atoms with E-state index >= 15 is 0 Å². The molecule has 0 bridgehead atoms. The third-order valence-electron chi connectivity index (χ3n) is 4.28. The molecule has 1 aliphatic heterocycles. The third kappa shape index (κ3) is 3.34. The largest absolute Gasteiger partial charge is 0.497 e. The second-order valence-corrected chi connectivity index (χ2v) is 6.70. The number of rotatable bonds is 5. The highest BCUT2D eigenvalue weighted by atomic mass is 32.1. The second-order valence-electron chi connectivity index (χ2n) is 5.86. The first kappa shape index (κ1) is 18.1. The summed E-state index contributed by atoms with van der Waals surface area (Å²) < 4.78 is 23.4. The molecule has 0 spiro atoms. The molecular weight excluding hydrogens is 378 g/mol. The first-order valence-electron chi connectivity index (χ1n) is 8.53. The number of nitrogens with zero attached hydrogens (tertiary/aromatic N) is 3. The van der Waals surface area contributed by atoms with Crippen molar-refractivity contribution in [1.29, 1.82) is 0 Å². The van der Waals surface area contributed by atoms with Crippen molar-refractivity contribution in [1.82, 2.24) is 4.68 Å². The van der Waals surface area contributed by atoms with Gasteiger partial charge in [0.15, 0.2) is 11.5 Å². The Balaban J connectivity index is 1.75. The fourth-order valence-electron chi connectivity index (χ4n) is 2.88. The number of hydrogen-bond donors (Lipinski definition) is 0. The minimum absolute atomic E-state index is 0.246. The monoisotopic (exact) mass is 397 g/mol. The van der Waals surface area contributed by atoms with Gasteiger partial charge >= 0.3 is 0 Å². The molecule has 7 nitrogen and oxygen atoms in total. The lowest BCUT2D eigenvalue weighted by molar-refractivity contribution is 0.174. The van der Waals surface area contributed by atoms with Crippen LogP contribution in [0, 0.1) is 0 Å². The number of ether oxygens (including phenoxy) is 4. The summed E-state index contributed by atoms with van der Waals surface area (Å²) in [6, 6.07) is 11.4. The van der Waals surface area contributed by atoms with Gasteiger partial charge in [0.25, 0.3) is 0 Å². The second kappa shape index (κ2) is 7.77. The molecule has 3 aromatic rings. The van der Waals surface area contributed by atoms with Gasteiger partial charge in [-0.15, -0.1) is 11.3 Å². The van der Waals surface area contributed by atoms with Gasteiger partial charge in [-0.2, -0.15) is 5.10 Å². The first-order valence-corrected chi connectivity index (χ1v) is 9.41. The predicted molar refractivity (Wildman–Crippen MR) is 108 cm³/mol. The summed E-state index contributed by atoms with van der Waals surface area (Å²) in [6.07, 6.45) is 1.77. The van der Waals surface area contributed by atoms with Gasteiger partial charge in [0.1, 0.15) is 11.5 Å². The van der Waals surface area contributed by atoms with Crippen LogP contribution in [0.5, 0.6) is 23.0 Å². The molecule has 2 aromatic carbocycles. The molecule has 2 heterocycles. The van der Waals surface area contributed by atoms with Gasteiger partial charge in [-0.3, -0.25) is 4.99 Å². The highest BCUT2D eigenvalue weighted by Gasteiger charge is 2.15. The molecule has 1 aliphatic rings. The average Bonchev–Trinajstić information content (AvgIpc) is 3.37. The van der Waals surface area contributed by atoms with Gasteiger partial charge in [0, 0.05) is 24.1 Å². The van der Waals surface area contributed by atoms with Crippen LogP contribution in [0.4, 0.5) is 0 Å². The van der Waals surface area contributed by atoms with E-state index in [0.29, 0.717) is 5.75 Å². The lowest BCUT2D eigenvalue weighted by Gasteiger charge is -2.10. The van der Waals surface area contributed by atoms with Crippen LogP contribution in [0.15, 0.2) is 51.9 Å². The number of aromatic nitrogens is 1. The molecule has 144 valence electrons. The van der Waals surface area contributed by atoms with Crippen LogP contribution >= 0.6 is 11.3 Å². The summed E-state index contributed by atoms with van der Waals surface area (Å²) in [5, 5.41) is 6.66. The van der Waals surface area contributed by atoms with E-state index in [1.54, 1.807) is 32.2 Å². The fourth-order valence-corrected chi connectivity index (χ4v) is 3.67. The van der Waals surface area contributed by atoms with Crippen molar-refractivity contribution in [2.24, 2.45) is 10.1 Å². The summed E-state index contributed by atoms with van der Waals surface area (Å²) in [4.78, 5) is 5.10. The van der Waals surface area contributed by atoms with E-state index < -0.39 is 0 Å². The van der Waals surface area contributed by atoms with E-state index in [2.05, 4.69) is 10.1 Å². The molecule has 1 aromatic heterocycles. The zero-order valence-electron chi connectivity index (χ0n) is 15.7. The van der Waals surface area contributed by atoms with Crippen molar-refractivity contribution in [3.05, 3.63) is 52.1 Å². The molecule has 0 N–H and O–H groups in total. The van der Waals surface area contributed by atoms with Gasteiger partial charge in [-0.1, -0.05) is 0 Å². The SMILES string of the molecule is CN=c1scc(-c2ccc(OC)cc2OC)n1N=Cc1ccc2c(c1)OCO2. The first-order chi connectivity index (χ1) is 13.7. The van der Waals surface area contributed by atoms with Crippen molar-refractivity contribution < 1.29 is 18.9 Å². The summed E-state index contributed by atoms with van der Waals surface area (Å²) in [5.41, 5.74) is 2.68. The van der Waals surface area contributed by atoms with E-state index in [4.69, 9.17) is 18.9 Å². The van der Waals surface area contributed by atoms with E-state index in [1.165, 1.54) is 11.3 Å². The summed E-state index contributed by atoms with van der Waals surface area (Å²) in [5.74, 6) is 2.89. The van der Waals surface area contributed by atoms with Crippen molar-refractivity contribution >= 4 is 17.6 Å². The van der Waals surface area contributed by atoms with Crippen molar-refractivity contribution in [2.45, 2.75) is 0 Å². The molecular formula is C20H19N3O4S. The molecule has 0 radical (unpaired) electrons. The van der Waals surface area contributed by atoms with Crippen LogP contribution < -0.4 is 23.7 Å². The molecule has 8 heteroatoms. The standard InChI is InChI=1S/C20H19N3O4S/c1-21-20-23(22-10-13-4-7-17-19(8-13)27-12-26-17)16(11-28-20)15-6-5-14(24-2)9-18(15)25-3/h4-11H,12H2,1-3H3. The zero-order chi connectivity index (χ0) is 19.5. The number of hydrogen-bond acceptors (Lipinski definition) is 7. The Morgan fingerprint density at radius 3 is 2.71 bits per heavy atom. The quantitative estimate of drug-likeness (QED) is 0.619. The van der Waals surface area contributed by atoms with Crippen molar-refractivity contribution in [2.75, 3.05) is 28.1 Å². The lowest BCUT2D eigenvalue weighted by atomic mass is 10.1. The van der Waals surface area contributed by atoms with E-state index in [-0.39, 0.29) is 6.79 Å². The maximum absolute atomic E-state index is 5.55. The van der Waals surface area contributed by atoms with Gasteiger partial charge in [-0.25, -0.2) is 4.68 Å². The number of fused-ring (bicyclic) bond motifs is 1. The number of benzene rings is 2. The van der Waals surface area contributed by atoms with Gasteiger partial charge in [-0.05, 0) is 35.9 Å². The number of thiazole rings is 1. The Hall–Kier alpha value is -3.26. The van der Waals surface area contributed by atoms with Crippen LogP contribution in [0.25, 0.3) is 11.3 Å². The molecule has 0 unspecified atom stereocenters. The van der Waals surface area contributed by atoms with Crippen LogP contribution in [-0.4, -0.2) is 39.0 Å². The third-order valence-corrected chi connectivity index (χ3v) is 5.19. The predicted octanol–water partition coefficient (Wildman–Crippen LogP) is 3.38. The Bertz CT molecular complexity index is 1100. The zero-order valence-corrected chi connectivity index (χ0v) is 16.5. The Labute approximate surface area is 166 Å². The summed E-state index contributed by atoms with van der Waals surface area (Å²) >= 11 is 1.51. The lowest BCUT2D eigenvalue weighted by Crippen LogP contribution is -2.11. The maximum Gasteiger partial charge on any atom is 0.231 e. The van der Waals surface area contributed by atoms with E-state index in [0.717, 1.165) is 38.9 Å². The summed E-state index contributed by atoms with van der Waals surface area (Å²) in [7, 11) is 5.01. The average molecular weight is 397 g/mol. The highest BCUT2D eigenvalue weighted by molar-refractivity contribution is 7.07. The van der Waals surface area contributed by atoms with Crippen molar-refractivity contribution in [3.8, 4) is 34.3 Å². The molecule has 0 amide bonds. The molecule has 0 aliphatic carbocycles. The maximum atomic E-state index is 5.55. The van der Waals surface area contributed by atoms with Crippen LogP contribution in [0.3, 0.4) is 0 Å². The smallest absolute Gasteiger partial charge is 0.231 e. The molecule has 0 saturated heterocycles. The minimum atomic E-state index is 0.246. The Morgan fingerprint density at radius 1 is 1.07 bits per heavy atom. The fraction of sp³-hybridized carbons (Fsp3) is 0.200. The van der Waals surface area contributed by atoms with Crippen LogP contribution in [0.1, 0.15) is 5.56 Å². The topological polar surface area (TPSA) is 66.6 Å². The molecule has 0 fully saturated rings. The van der Waals surface area contributed by atoms with Gasteiger partial charge < -0.3 is 18.9 Å². The van der Waals surface area contributed by atoms with Crippen LogP contribution in [-0.2, 0) is 0 Å². The summed E-state index contributed by atoms with van der Waals surface area (Å²) in [6.45, 7) is 0.246. The Kier molecular flexibility index (Phi) is 5.03. The van der Waals surface area contributed by atoms with E-state index in [1.807, 2.05) is 41.8 Å². The van der Waals surface area contributed by atoms with Gasteiger partial charge in [0.2, 0.25) is 11.6 Å². The van der Waals surface area contributed by atoms with Crippen molar-refractivity contribution in [3.63, 3.8) is 0 Å². The highest BCUT2D eigenvalue weighted by Crippen LogP contribution is 2.34. The van der Waals surface area contributed by atoms with E-state index in [9.17, 15) is 0 Å². The molecule has 4 rings (SSSR count). The molecule has 0 atom stereocenters. The molecule has 28 heavy (non-hydrogen) atoms. The molecule has 0 saturated carbocycles. The normalized spacial score (nSPS) is 13.3. The minimum Gasteiger partial charge on any atom is -0.497 e. The van der Waals surface area contributed by atoms with Crippen LogP contribution in [0.2, 0.25) is 0 Å². The Morgan fingerprint density at radius 2 is 1.93 bits per heavy atom.